The van der Waals surface area contributed by atoms with E-state index in [9.17, 15) is 18.0 Å². The maximum absolute atomic E-state index is 12.8. The first kappa shape index (κ1) is 18.2. The van der Waals surface area contributed by atoms with Crippen molar-refractivity contribution < 1.29 is 22.4 Å². The van der Waals surface area contributed by atoms with Crippen molar-refractivity contribution in [1.29, 1.82) is 0 Å². The van der Waals surface area contributed by atoms with Gasteiger partial charge in [-0.3, -0.25) is 9.69 Å². The number of thiocarbonyl (C=S) groups is 1. The lowest BCUT2D eigenvalue weighted by Gasteiger charge is -2.11. The number of furan rings is 1. The van der Waals surface area contributed by atoms with Gasteiger partial charge in [0.15, 0.2) is 5.11 Å². The number of hydrogen-bond donors (Lipinski definition) is 1. The van der Waals surface area contributed by atoms with Crippen molar-refractivity contribution in [3.05, 3.63) is 53.4 Å². The summed E-state index contributed by atoms with van der Waals surface area (Å²) in [5.74, 6) is 0.365. The van der Waals surface area contributed by atoms with Crippen LogP contribution in [0.15, 0.2) is 46.5 Å². The molecule has 0 spiro atoms. The summed E-state index contributed by atoms with van der Waals surface area (Å²) >= 11 is 5.12. The minimum Gasteiger partial charge on any atom is -0.457 e. The maximum Gasteiger partial charge on any atom is 0.416 e. The topological polar surface area (TPSA) is 45.5 Å². The number of benzene rings is 1. The Balaban J connectivity index is 1.85. The summed E-state index contributed by atoms with van der Waals surface area (Å²) in [6.45, 7) is 2.45. The zero-order valence-electron chi connectivity index (χ0n) is 13.8. The van der Waals surface area contributed by atoms with Crippen LogP contribution in [-0.2, 0) is 11.0 Å². The molecule has 4 nitrogen and oxygen atoms in total. The second-order valence-corrected chi connectivity index (χ2v) is 6.11. The van der Waals surface area contributed by atoms with Crippen molar-refractivity contribution in [2.45, 2.75) is 19.5 Å². The van der Waals surface area contributed by atoms with E-state index < -0.39 is 11.7 Å². The highest BCUT2D eigenvalue weighted by molar-refractivity contribution is 7.80. The molecule has 0 aliphatic carbocycles. The highest BCUT2D eigenvalue weighted by atomic mass is 32.1. The number of amides is 1. The molecule has 1 fully saturated rings. The molecule has 1 aromatic carbocycles. The van der Waals surface area contributed by atoms with Gasteiger partial charge in [0.2, 0.25) is 0 Å². The van der Waals surface area contributed by atoms with Crippen molar-refractivity contribution in [2.75, 3.05) is 6.54 Å². The summed E-state index contributed by atoms with van der Waals surface area (Å²) in [6.07, 6.45) is -2.17. The van der Waals surface area contributed by atoms with Crippen LogP contribution < -0.4 is 5.32 Å². The number of alkyl halides is 3. The Bertz CT molecular complexity index is 887. The van der Waals surface area contributed by atoms with Crippen LogP contribution in [0.25, 0.3) is 17.4 Å². The lowest BCUT2D eigenvalue weighted by molar-refractivity contribution is -0.137. The van der Waals surface area contributed by atoms with Crippen LogP contribution in [0, 0.1) is 0 Å². The lowest BCUT2D eigenvalue weighted by atomic mass is 10.1. The summed E-state index contributed by atoms with van der Waals surface area (Å²) in [5, 5.41) is 3.15. The van der Waals surface area contributed by atoms with Crippen LogP contribution >= 0.6 is 12.2 Å². The molecular weight excluding hydrogens is 365 g/mol. The Morgan fingerprint density at radius 2 is 2.04 bits per heavy atom. The zero-order valence-corrected chi connectivity index (χ0v) is 14.6. The van der Waals surface area contributed by atoms with Gasteiger partial charge in [-0.2, -0.15) is 13.2 Å². The molecule has 1 amide bonds. The van der Waals surface area contributed by atoms with Crippen molar-refractivity contribution in [2.24, 2.45) is 0 Å². The quantitative estimate of drug-likeness (QED) is 0.630. The predicted molar refractivity (Wildman–Crippen MR) is 94.9 cm³/mol. The molecule has 1 N–H and O–H groups in total. The van der Waals surface area contributed by atoms with Crippen molar-refractivity contribution in [3.8, 4) is 11.3 Å². The molecule has 0 atom stereocenters. The third-order valence-electron chi connectivity index (χ3n) is 3.80. The molecule has 0 saturated carbocycles. The molecule has 1 saturated heterocycles. The maximum atomic E-state index is 12.8. The Morgan fingerprint density at radius 1 is 1.27 bits per heavy atom. The SMILES string of the molecule is CCCN1C(=O)/C(=C/c2ccc(-c3cccc(C(F)(F)F)c3)o2)NC1=S. The van der Waals surface area contributed by atoms with Gasteiger partial charge >= 0.3 is 6.18 Å². The van der Waals surface area contributed by atoms with Gasteiger partial charge in [0, 0.05) is 18.2 Å². The molecule has 1 aliphatic heterocycles. The van der Waals surface area contributed by atoms with Gasteiger partial charge in [0.25, 0.3) is 5.91 Å². The summed E-state index contributed by atoms with van der Waals surface area (Å²) < 4.78 is 44.1. The van der Waals surface area contributed by atoms with Gasteiger partial charge in [-0.05, 0) is 42.9 Å². The largest absolute Gasteiger partial charge is 0.457 e. The van der Waals surface area contributed by atoms with E-state index in [1.807, 2.05) is 6.92 Å². The number of carbonyl (C=O) groups excluding carboxylic acids is 1. The number of carbonyl (C=O) groups is 1. The third kappa shape index (κ3) is 3.65. The van der Waals surface area contributed by atoms with Gasteiger partial charge in [-0.15, -0.1) is 0 Å². The average Bonchev–Trinajstić information content (AvgIpc) is 3.15. The van der Waals surface area contributed by atoms with E-state index in [0.717, 1.165) is 18.6 Å². The average molecular weight is 380 g/mol. The van der Waals surface area contributed by atoms with Gasteiger partial charge < -0.3 is 9.73 Å². The normalized spacial score (nSPS) is 16.5. The second kappa shape index (κ2) is 6.95. The Kier molecular flexibility index (Phi) is 4.86. The summed E-state index contributed by atoms with van der Waals surface area (Å²) in [6, 6.07) is 8.02. The highest BCUT2D eigenvalue weighted by Crippen LogP contribution is 2.33. The Morgan fingerprint density at radius 3 is 2.73 bits per heavy atom. The van der Waals surface area contributed by atoms with E-state index in [-0.39, 0.29) is 17.4 Å². The monoisotopic (exact) mass is 380 g/mol. The fraction of sp³-hybridized carbons (Fsp3) is 0.222. The molecule has 3 rings (SSSR count). The fourth-order valence-corrected chi connectivity index (χ4v) is 2.86. The van der Waals surface area contributed by atoms with Crippen LogP contribution in [0.1, 0.15) is 24.7 Å². The van der Waals surface area contributed by atoms with E-state index >= 15 is 0 Å². The molecule has 8 heteroatoms. The summed E-state index contributed by atoms with van der Waals surface area (Å²) in [4.78, 5) is 13.7. The van der Waals surface area contributed by atoms with E-state index in [1.54, 1.807) is 12.1 Å². The second-order valence-electron chi connectivity index (χ2n) is 5.73. The van der Waals surface area contributed by atoms with Gasteiger partial charge in [0.1, 0.15) is 17.2 Å². The van der Waals surface area contributed by atoms with Gasteiger partial charge in [-0.25, -0.2) is 0 Å². The van der Waals surface area contributed by atoms with E-state index in [1.165, 1.54) is 23.1 Å². The molecule has 0 bridgehead atoms. The Hall–Kier alpha value is -2.61. The molecule has 26 heavy (non-hydrogen) atoms. The molecule has 2 aromatic rings. The molecular formula is C18H15F3N2O2S. The number of nitrogens with one attached hydrogen (secondary N) is 1. The molecule has 1 aromatic heterocycles. The number of hydrogen-bond acceptors (Lipinski definition) is 3. The first-order chi connectivity index (χ1) is 12.3. The van der Waals surface area contributed by atoms with Crippen LogP contribution in [0.5, 0.6) is 0 Å². The molecule has 0 radical (unpaired) electrons. The number of rotatable bonds is 4. The van der Waals surface area contributed by atoms with Crippen molar-refractivity contribution >= 4 is 29.3 Å². The number of nitrogens with zero attached hydrogens (tertiary/aromatic N) is 1. The van der Waals surface area contributed by atoms with Crippen molar-refractivity contribution in [3.63, 3.8) is 0 Å². The summed E-state index contributed by atoms with van der Waals surface area (Å²) in [7, 11) is 0. The summed E-state index contributed by atoms with van der Waals surface area (Å²) in [5.41, 5.74) is -0.175. The standard InChI is InChI=1S/C18H15F3N2O2S/c1-2-8-23-16(24)14(22-17(23)26)10-13-6-7-15(25-13)11-4-3-5-12(9-11)18(19,20)21/h3-7,9-10H,2,8H2,1H3,(H,22,26)/b14-10-. The first-order valence-corrected chi connectivity index (χ1v) is 8.32. The van der Waals surface area contributed by atoms with E-state index in [4.69, 9.17) is 16.6 Å². The Labute approximate surface area is 153 Å². The number of halogens is 3. The molecule has 136 valence electrons. The molecule has 1 aliphatic rings. The molecule has 0 unspecified atom stereocenters. The van der Waals surface area contributed by atoms with Crippen LogP contribution in [0.4, 0.5) is 13.2 Å². The van der Waals surface area contributed by atoms with Gasteiger partial charge in [0.05, 0.1) is 5.56 Å². The lowest BCUT2D eigenvalue weighted by Crippen LogP contribution is -2.31. The zero-order chi connectivity index (χ0) is 18.9. The molecule has 2 heterocycles. The third-order valence-corrected chi connectivity index (χ3v) is 4.12. The van der Waals surface area contributed by atoms with Crippen LogP contribution in [-0.4, -0.2) is 22.5 Å². The van der Waals surface area contributed by atoms with Crippen molar-refractivity contribution in [1.82, 2.24) is 10.2 Å². The first-order valence-electron chi connectivity index (χ1n) is 7.91. The van der Waals surface area contributed by atoms with E-state index in [0.29, 0.717) is 23.0 Å². The minimum atomic E-state index is -4.42. The predicted octanol–water partition coefficient (Wildman–Crippen LogP) is 4.43. The minimum absolute atomic E-state index is 0.256. The fourth-order valence-electron chi connectivity index (χ4n) is 2.57. The van der Waals surface area contributed by atoms with Gasteiger partial charge in [-0.1, -0.05) is 19.1 Å². The van der Waals surface area contributed by atoms with E-state index in [2.05, 4.69) is 5.32 Å². The van der Waals surface area contributed by atoms with Crippen LogP contribution in [0.3, 0.4) is 0 Å². The van der Waals surface area contributed by atoms with Crippen LogP contribution in [0.2, 0.25) is 0 Å². The smallest absolute Gasteiger partial charge is 0.416 e. The highest BCUT2D eigenvalue weighted by Gasteiger charge is 2.31.